The molecule has 0 unspecified atom stereocenters. The Bertz CT molecular complexity index is 1160. The highest BCUT2D eigenvalue weighted by atomic mass is 19.1. The first-order valence-corrected chi connectivity index (χ1v) is 12.0. The van der Waals surface area contributed by atoms with E-state index in [1.165, 1.54) is 18.2 Å². The first-order chi connectivity index (χ1) is 17.5. The molecule has 188 valence electrons. The average Bonchev–Trinajstić information content (AvgIpc) is 2.90. The van der Waals surface area contributed by atoms with E-state index in [2.05, 4.69) is 28.1 Å². The maximum Gasteiger partial charge on any atom is 0.319 e. The van der Waals surface area contributed by atoms with Crippen LogP contribution in [-0.2, 0) is 16.1 Å². The molecule has 0 saturated carbocycles. The maximum absolute atomic E-state index is 13.8. The van der Waals surface area contributed by atoms with Crippen molar-refractivity contribution in [3.8, 4) is 11.1 Å². The van der Waals surface area contributed by atoms with Crippen LogP contribution in [0.15, 0.2) is 78.9 Å². The number of aliphatic hydroxyl groups is 1. The van der Waals surface area contributed by atoms with Gasteiger partial charge in [0, 0.05) is 6.54 Å². The van der Waals surface area contributed by atoms with E-state index in [9.17, 15) is 19.1 Å². The van der Waals surface area contributed by atoms with Crippen molar-refractivity contribution in [2.75, 3.05) is 11.9 Å². The number of carbonyl (C=O) groups is 2. The summed E-state index contributed by atoms with van der Waals surface area (Å²) in [6, 6.07) is 23.0. The molecule has 7 nitrogen and oxygen atoms in total. The van der Waals surface area contributed by atoms with Gasteiger partial charge >= 0.3 is 6.03 Å². The molecule has 0 spiro atoms. The van der Waals surface area contributed by atoms with Crippen LogP contribution >= 0.6 is 0 Å². The SMILES string of the molecule is O=C(C[C@H]1CC[C@@H](NC(=O)Nc2ccccc2F)[C@H](CO)O1)NCc1ccc(-c2ccccc2)cc1. The lowest BCUT2D eigenvalue weighted by molar-refractivity contribution is -0.130. The summed E-state index contributed by atoms with van der Waals surface area (Å²) < 4.78 is 19.6. The van der Waals surface area contributed by atoms with Crippen LogP contribution in [0.3, 0.4) is 0 Å². The van der Waals surface area contributed by atoms with E-state index in [1.807, 2.05) is 42.5 Å². The lowest BCUT2D eigenvalue weighted by atomic mass is 9.97. The van der Waals surface area contributed by atoms with Crippen LogP contribution in [0.4, 0.5) is 14.9 Å². The van der Waals surface area contributed by atoms with Crippen LogP contribution in [0.5, 0.6) is 0 Å². The van der Waals surface area contributed by atoms with E-state index in [4.69, 9.17) is 4.74 Å². The van der Waals surface area contributed by atoms with Gasteiger partial charge in [-0.25, -0.2) is 9.18 Å². The summed E-state index contributed by atoms with van der Waals surface area (Å²) in [6.45, 7) is 0.0982. The molecule has 0 radical (unpaired) electrons. The second-order valence-corrected chi connectivity index (χ2v) is 8.79. The molecule has 8 heteroatoms. The number of para-hydroxylation sites is 1. The molecule has 1 heterocycles. The molecular formula is C28H30FN3O4. The van der Waals surface area contributed by atoms with Crippen molar-refractivity contribution in [3.05, 3.63) is 90.2 Å². The molecule has 3 aromatic carbocycles. The second-order valence-electron chi connectivity index (χ2n) is 8.79. The number of benzene rings is 3. The minimum atomic E-state index is -0.659. The van der Waals surface area contributed by atoms with Gasteiger partial charge in [-0.15, -0.1) is 0 Å². The van der Waals surface area contributed by atoms with Gasteiger partial charge in [0.25, 0.3) is 0 Å². The van der Waals surface area contributed by atoms with Crippen molar-refractivity contribution in [3.63, 3.8) is 0 Å². The van der Waals surface area contributed by atoms with Gasteiger partial charge in [-0.2, -0.15) is 0 Å². The van der Waals surface area contributed by atoms with E-state index in [0.717, 1.165) is 16.7 Å². The van der Waals surface area contributed by atoms with Crippen LogP contribution < -0.4 is 16.0 Å². The summed E-state index contributed by atoms with van der Waals surface area (Å²) in [5.41, 5.74) is 3.31. The summed E-state index contributed by atoms with van der Waals surface area (Å²) >= 11 is 0. The van der Waals surface area contributed by atoms with Crippen LogP contribution in [0, 0.1) is 5.82 Å². The molecule has 1 fully saturated rings. The number of hydrogen-bond acceptors (Lipinski definition) is 4. The fourth-order valence-corrected chi connectivity index (χ4v) is 4.26. The summed E-state index contributed by atoms with van der Waals surface area (Å²) in [6.07, 6.45) is 0.200. The standard InChI is InChI=1S/C28H30FN3O4/c29-23-8-4-5-9-24(23)31-28(35)32-25-15-14-22(36-26(25)18-33)16-27(34)30-17-19-10-12-21(13-11-19)20-6-2-1-3-7-20/h1-13,22,25-26,33H,14-18H2,(H,30,34)(H2,31,32,35)/t22-,25-,26+/m1/s1. The van der Waals surface area contributed by atoms with E-state index in [0.29, 0.717) is 19.4 Å². The molecule has 0 aromatic heterocycles. The molecule has 0 bridgehead atoms. The zero-order valence-corrected chi connectivity index (χ0v) is 19.8. The topological polar surface area (TPSA) is 99.7 Å². The van der Waals surface area contributed by atoms with Gasteiger partial charge in [0.1, 0.15) is 11.9 Å². The van der Waals surface area contributed by atoms with Gasteiger partial charge in [0.05, 0.1) is 30.9 Å². The lowest BCUT2D eigenvalue weighted by Gasteiger charge is -2.35. The first-order valence-electron chi connectivity index (χ1n) is 12.0. The number of halogens is 1. The Morgan fingerprint density at radius 2 is 1.61 bits per heavy atom. The Labute approximate surface area is 209 Å². The quantitative estimate of drug-likeness (QED) is 0.379. The van der Waals surface area contributed by atoms with Gasteiger partial charge in [-0.05, 0) is 41.7 Å². The van der Waals surface area contributed by atoms with Crippen LogP contribution in [0.1, 0.15) is 24.8 Å². The van der Waals surface area contributed by atoms with Gasteiger partial charge < -0.3 is 25.8 Å². The fourth-order valence-electron chi connectivity index (χ4n) is 4.26. The van der Waals surface area contributed by atoms with Crippen molar-refractivity contribution in [1.29, 1.82) is 0 Å². The minimum absolute atomic E-state index is 0.0662. The number of urea groups is 1. The number of nitrogens with one attached hydrogen (secondary N) is 3. The third-order valence-electron chi connectivity index (χ3n) is 6.20. The predicted octanol–water partition coefficient (Wildman–Crippen LogP) is 4.23. The summed E-state index contributed by atoms with van der Waals surface area (Å²) in [5, 5.41) is 17.9. The van der Waals surface area contributed by atoms with E-state index >= 15 is 0 Å². The molecule has 1 aliphatic rings. The third-order valence-corrected chi connectivity index (χ3v) is 6.20. The van der Waals surface area contributed by atoms with E-state index < -0.39 is 24.0 Å². The second kappa shape index (κ2) is 12.3. The Kier molecular flexibility index (Phi) is 8.65. The molecule has 4 N–H and O–H groups in total. The highest BCUT2D eigenvalue weighted by Gasteiger charge is 2.33. The van der Waals surface area contributed by atoms with Crippen molar-refractivity contribution in [1.82, 2.24) is 10.6 Å². The molecule has 4 rings (SSSR count). The Morgan fingerprint density at radius 3 is 2.33 bits per heavy atom. The Hall–Kier alpha value is -3.75. The molecule has 36 heavy (non-hydrogen) atoms. The van der Waals surface area contributed by atoms with Crippen molar-refractivity contribution >= 4 is 17.6 Å². The summed E-state index contributed by atoms with van der Waals surface area (Å²) in [5.74, 6) is -0.683. The molecule has 3 aromatic rings. The number of amides is 3. The Morgan fingerprint density at radius 1 is 0.917 bits per heavy atom. The highest BCUT2D eigenvalue weighted by Crippen LogP contribution is 2.23. The van der Waals surface area contributed by atoms with Crippen molar-refractivity contribution in [2.24, 2.45) is 0 Å². The van der Waals surface area contributed by atoms with Crippen molar-refractivity contribution < 1.29 is 23.8 Å². The number of ether oxygens (including phenoxy) is 1. The fraction of sp³-hybridized carbons (Fsp3) is 0.286. The predicted molar refractivity (Wildman–Crippen MR) is 136 cm³/mol. The lowest BCUT2D eigenvalue weighted by Crippen LogP contribution is -2.52. The molecule has 3 amide bonds. The Balaban J connectivity index is 1.22. The smallest absolute Gasteiger partial charge is 0.319 e. The molecule has 3 atom stereocenters. The third kappa shape index (κ3) is 6.90. The van der Waals surface area contributed by atoms with Crippen LogP contribution in [0.2, 0.25) is 0 Å². The van der Waals surface area contributed by atoms with Crippen LogP contribution in [-0.4, -0.2) is 41.9 Å². The zero-order valence-electron chi connectivity index (χ0n) is 19.8. The van der Waals surface area contributed by atoms with Gasteiger partial charge in [0.2, 0.25) is 5.91 Å². The van der Waals surface area contributed by atoms with Gasteiger partial charge in [0.15, 0.2) is 0 Å². The maximum atomic E-state index is 13.8. The molecular weight excluding hydrogens is 461 g/mol. The average molecular weight is 492 g/mol. The number of anilines is 1. The largest absolute Gasteiger partial charge is 0.394 e. The molecule has 0 aliphatic carbocycles. The van der Waals surface area contributed by atoms with Gasteiger partial charge in [-0.3, -0.25) is 4.79 Å². The van der Waals surface area contributed by atoms with Crippen LogP contribution in [0.25, 0.3) is 11.1 Å². The monoisotopic (exact) mass is 491 g/mol. The van der Waals surface area contributed by atoms with Gasteiger partial charge in [-0.1, -0.05) is 66.7 Å². The first kappa shape index (κ1) is 25.3. The normalized spacial score (nSPS) is 19.3. The summed E-state index contributed by atoms with van der Waals surface area (Å²) in [7, 11) is 0. The van der Waals surface area contributed by atoms with E-state index in [1.54, 1.807) is 6.07 Å². The highest BCUT2D eigenvalue weighted by molar-refractivity contribution is 5.89. The number of rotatable bonds is 8. The minimum Gasteiger partial charge on any atom is -0.394 e. The zero-order chi connectivity index (χ0) is 25.3. The molecule has 1 saturated heterocycles. The summed E-state index contributed by atoms with van der Waals surface area (Å²) in [4.78, 5) is 24.8. The van der Waals surface area contributed by atoms with E-state index in [-0.39, 0.29) is 30.7 Å². The number of hydrogen-bond donors (Lipinski definition) is 4. The number of carbonyl (C=O) groups excluding carboxylic acids is 2. The molecule has 1 aliphatic heterocycles. The van der Waals surface area contributed by atoms with Crippen molar-refractivity contribution in [2.45, 2.75) is 44.1 Å². The number of aliphatic hydroxyl groups excluding tert-OH is 1.